The van der Waals surface area contributed by atoms with Gasteiger partial charge in [0.05, 0.1) is 29.3 Å². The normalized spacial score (nSPS) is 18.6. The lowest BCUT2D eigenvalue weighted by Crippen LogP contribution is -2.44. The van der Waals surface area contributed by atoms with E-state index in [0.717, 1.165) is 16.9 Å². The van der Waals surface area contributed by atoms with E-state index >= 15 is 0 Å². The molecule has 2 atom stereocenters. The number of alkyl halides is 5. The molecule has 2 amide bonds. The molecule has 13 heteroatoms. The molecule has 0 aliphatic carbocycles. The summed E-state index contributed by atoms with van der Waals surface area (Å²) in [5.74, 6) is -1.61. The van der Waals surface area contributed by atoms with Gasteiger partial charge >= 0.3 is 6.18 Å². The zero-order chi connectivity index (χ0) is 26.4. The SMILES string of the molecule is CC(C)(CF)C(=O)N1C[C@H](F)[C@H](NC(=O)c2cccc(-c3cc(C(F)(F)F)c4c(N)ncnn34)c2)C1. The van der Waals surface area contributed by atoms with Gasteiger partial charge in [-0.05, 0) is 32.0 Å². The van der Waals surface area contributed by atoms with E-state index in [1.54, 1.807) is 0 Å². The molecule has 1 aliphatic heterocycles. The number of carbonyl (C=O) groups is 2. The number of rotatable bonds is 5. The van der Waals surface area contributed by atoms with Gasteiger partial charge in [-0.25, -0.2) is 18.3 Å². The maximum atomic E-state index is 14.6. The average molecular weight is 510 g/mol. The number of hydrogen-bond donors (Lipinski definition) is 2. The van der Waals surface area contributed by atoms with Gasteiger partial charge in [0, 0.05) is 17.7 Å². The molecule has 0 saturated carbocycles. The van der Waals surface area contributed by atoms with E-state index in [-0.39, 0.29) is 35.7 Å². The number of nitrogens with two attached hydrogens (primary N) is 1. The van der Waals surface area contributed by atoms with Crippen LogP contribution in [0.1, 0.15) is 29.8 Å². The summed E-state index contributed by atoms with van der Waals surface area (Å²) in [5, 5.41) is 6.40. The number of anilines is 1. The second kappa shape index (κ2) is 9.03. The Morgan fingerprint density at radius 2 is 1.92 bits per heavy atom. The number of halogens is 5. The van der Waals surface area contributed by atoms with Gasteiger partial charge in [-0.3, -0.25) is 9.59 Å². The topological polar surface area (TPSA) is 106 Å². The third-order valence-electron chi connectivity index (χ3n) is 6.07. The summed E-state index contributed by atoms with van der Waals surface area (Å²) in [6, 6.07) is 5.54. The fraction of sp³-hybridized carbons (Fsp3) is 0.391. The molecule has 4 rings (SSSR count). The Balaban J connectivity index is 1.59. The van der Waals surface area contributed by atoms with Crippen molar-refractivity contribution in [2.75, 3.05) is 25.5 Å². The van der Waals surface area contributed by atoms with Crippen LogP contribution in [-0.2, 0) is 11.0 Å². The first-order valence-electron chi connectivity index (χ1n) is 10.9. The van der Waals surface area contributed by atoms with Gasteiger partial charge in [-0.15, -0.1) is 0 Å². The number of nitrogens with one attached hydrogen (secondary N) is 1. The number of amides is 2. The minimum atomic E-state index is -4.73. The molecular formula is C23H23F5N6O2. The van der Waals surface area contributed by atoms with Crippen LogP contribution in [0.4, 0.5) is 27.8 Å². The highest BCUT2D eigenvalue weighted by Gasteiger charge is 2.41. The third-order valence-corrected chi connectivity index (χ3v) is 6.07. The summed E-state index contributed by atoms with van der Waals surface area (Å²) in [6.07, 6.45) is -5.28. The molecule has 192 valence electrons. The van der Waals surface area contributed by atoms with Crippen LogP contribution in [-0.4, -0.2) is 63.3 Å². The maximum Gasteiger partial charge on any atom is 0.418 e. The molecule has 0 spiro atoms. The number of fused-ring (bicyclic) bond motifs is 1. The van der Waals surface area contributed by atoms with Crippen molar-refractivity contribution in [2.24, 2.45) is 5.41 Å². The van der Waals surface area contributed by atoms with Crippen molar-refractivity contribution < 1.29 is 31.5 Å². The van der Waals surface area contributed by atoms with Crippen molar-refractivity contribution >= 4 is 23.1 Å². The van der Waals surface area contributed by atoms with Crippen LogP contribution in [0.2, 0.25) is 0 Å². The van der Waals surface area contributed by atoms with Gasteiger partial charge in [-0.2, -0.15) is 18.3 Å². The Labute approximate surface area is 202 Å². The number of carbonyl (C=O) groups excluding carboxylic acids is 2. The van der Waals surface area contributed by atoms with Crippen molar-refractivity contribution in [1.29, 1.82) is 0 Å². The molecule has 2 aromatic heterocycles. The van der Waals surface area contributed by atoms with Gasteiger partial charge in [0.1, 0.15) is 24.7 Å². The fourth-order valence-electron chi connectivity index (χ4n) is 4.11. The van der Waals surface area contributed by atoms with Crippen molar-refractivity contribution in [1.82, 2.24) is 24.8 Å². The number of aromatic nitrogens is 3. The monoisotopic (exact) mass is 510 g/mol. The van der Waals surface area contributed by atoms with E-state index in [4.69, 9.17) is 5.73 Å². The second-order valence-electron chi connectivity index (χ2n) is 9.25. The van der Waals surface area contributed by atoms with Crippen LogP contribution in [0.25, 0.3) is 16.8 Å². The van der Waals surface area contributed by atoms with Gasteiger partial charge < -0.3 is 16.0 Å². The predicted molar refractivity (Wildman–Crippen MR) is 120 cm³/mol. The van der Waals surface area contributed by atoms with Crippen molar-refractivity contribution in [3.05, 3.63) is 47.8 Å². The smallest absolute Gasteiger partial charge is 0.382 e. The molecule has 36 heavy (non-hydrogen) atoms. The van der Waals surface area contributed by atoms with Crippen LogP contribution >= 0.6 is 0 Å². The molecule has 3 aromatic rings. The van der Waals surface area contributed by atoms with E-state index in [9.17, 15) is 31.5 Å². The Morgan fingerprint density at radius 1 is 1.19 bits per heavy atom. The lowest BCUT2D eigenvalue weighted by molar-refractivity contribution is -0.140. The third kappa shape index (κ3) is 4.56. The highest BCUT2D eigenvalue weighted by atomic mass is 19.4. The van der Waals surface area contributed by atoms with E-state index < -0.39 is 53.4 Å². The lowest BCUT2D eigenvalue weighted by Gasteiger charge is -2.26. The molecule has 1 fully saturated rings. The highest BCUT2D eigenvalue weighted by Crippen LogP contribution is 2.38. The molecule has 3 heterocycles. The quantitative estimate of drug-likeness (QED) is 0.513. The molecule has 3 N–H and O–H groups in total. The zero-order valence-corrected chi connectivity index (χ0v) is 19.3. The fourth-order valence-corrected chi connectivity index (χ4v) is 4.11. The maximum absolute atomic E-state index is 14.6. The van der Waals surface area contributed by atoms with Crippen LogP contribution in [0.3, 0.4) is 0 Å². The van der Waals surface area contributed by atoms with Crippen LogP contribution in [0.5, 0.6) is 0 Å². The molecule has 1 aromatic carbocycles. The van der Waals surface area contributed by atoms with E-state index in [0.29, 0.717) is 0 Å². The molecule has 0 bridgehead atoms. The predicted octanol–water partition coefficient (Wildman–Crippen LogP) is 3.27. The van der Waals surface area contributed by atoms with Crippen LogP contribution < -0.4 is 11.1 Å². The number of nitrogen functional groups attached to an aromatic ring is 1. The summed E-state index contributed by atoms with van der Waals surface area (Å²) >= 11 is 0. The minimum absolute atomic E-state index is 0.0236. The Bertz CT molecular complexity index is 1320. The van der Waals surface area contributed by atoms with E-state index in [2.05, 4.69) is 15.4 Å². The number of likely N-dealkylation sites (tertiary alicyclic amines) is 1. The summed E-state index contributed by atoms with van der Waals surface area (Å²) < 4.78 is 69.6. The molecule has 1 aliphatic rings. The van der Waals surface area contributed by atoms with Gasteiger partial charge in [0.25, 0.3) is 5.91 Å². The molecule has 8 nitrogen and oxygen atoms in total. The van der Waals surface area contributed by atoms with Crippen molar-refractivity contribution in [2.45, 2.75) is 32.2 Å². The summed E-state index contributed by atoms with van der Waals surface area (Å²) in [6.45, 7) is 1.49. The largest absolute Gasteiger partial charge is 0.418 e. The van der Waals surface area contributed by atoms with Crippen molar-refractivity contribution in [3.63, 3.8) is 0 Å². The Hall–Kier alpha value is -3.77. The molecular weight excluding hydrogens is 487 g/mol. The highest BCUT2D eigenvalue weighted by molar-refractivity contribution is 5.96. The standard InChI is InChI=1S/C23H23F5N6O2/c1-22(2,10-24)21(36)33-8-15(25)16(9-33)32-20(35)13-5-3-4-12(6-13)17-7-14(23(26,27)28)18-19(29)30-11-31-34(17)18/h3-7,11,15-16H,8-10H2,1-2H3,(H,32,35)(H2,29,30,31)/t15-,16+/m0/s1. The minimum Gasteiger partial charge on any atom is -0.382 e. The van der Waals surface area contributed by atoms with Gasteiger partial charge in [0.2, 0.25) is 5.91 Å². The number of benzene rings is 1. The summed E-state index contributed by atoms with van der Waals surface area (Å²) in [7, 11) is 0. The summed E-state index contributed by atoms with van der Waals surface area (Å²) in [4.78, 5) is 30.1. The summed E-state index contributed by atoms with van der Waals surface area (Å²) in [5.41, 5.74) is 3.23. The first-order chi connectivity index (χ1) is 16.8. The van der Waals surface area contributed by atoms with Gasteiger partial charge in [-0.1, -0.05) is 12.1 Å². The van der Waals surface area contributed by atoms with Crippen LogP contribution in [0.15, 0.2) is 36.7 Å². The van der Waals surface area contributed by atoms with E-state index in [1.165, 1.54) is 43.0 Å². The zero-order valence-electron chi connectivity index (χ0n) is 19.3. The Kier molecular flexibility index (Phi) is 6.35. The Morgan fingerprint density at radius 3 is 2.58 bits per heavy atom. The molecule has 1 saturated heterocycles. The number of nitrogens with zero attached hydrogens (tertiary/aromatic N) is 4. The molecule has 0 radical (unpaired) electrons. The first-order valence-corrected chi connectivity index (χ1v) is 10.9. The lowest BCUT2D eigenvalue weighted by atomic mass is 9.94. The average Bonchev–Trinajstić information content (AvgIpc) is 3.40. The number of hydrogen-bond acceptors (Lipinski definition) is 5. The second-order valence-corrected chi connectivity index (χ2v) is 9.25. The van der Waals surface area contributed by atoms with E-state index in [1.807, 2.05) is 0 Å². The van der Waals surface area contributed by atoms with Crippen LogP contribution in [0, 0.1) is 5.41 Å². The van der Waals surface area contributed by atoms with Crippen molar-refractivity contribution in [3.8, 4) is 11.3 Å². The van der Waals surface area contributed by atoms with Gasteiger partial charge in [0.15, 0.2) is 5.82 Å². The molecule has 0 unspecified atom stereocenters. The first kappa shape index (κ1) is 25.3.